The van der Waals surface area contributed by atoms with Crippen molar-refractivity contribution in [2.45, 2.75) is 31.8 Å². The molecule has 70 valence electrons. The summed E-state index contributed by atoms with van der Waals surface area (Å²) in [6.07, 6.45) is 5.87. The molecule has 1 spiro atoms. The van der Waals surface area contributed by atoms with Crippen LogP contribution in [0.2, 0.25) is 0 Å². The molecule has 2 aliphatic rings. The molecular formula is C9H16INO. The first-order chi connectivity index (χ1) is 5.74. The van der Waals surface area contributed by atoms with Gasteiger partial charge >= 0.3 is 0 Å². The first kappa shape index (κ1) is 9.21. The van der Waals surface area contributed by atoms with Crippen LogP contribution in [0.4, 0.5) is 0 Å². The fourth-order valence-electron chi connectivity index (χ4n) is 2.44. The molecule has 2 rings (SSSR count). The van der Waals surface area contributed by atoms with Gasteiger partial charge in [0, 0.05) is 43.1 Å². The van der Waals surface area contributed by atoms with Crippen molar-refractivity contribution in [1.82, 2.24) is 3.11 Å². The van der Waals surface area contributed by atoms with E-state index in [1.165, 1.54) is 38.8 Å². The summed E-state index contributed by atoms with van der Waals surface area (Å²) >= 11 is 2.42. The highest BCUT2D eigenvalue weighted by molar-refractivity contribution is 14.1. The van der Waals surface area contributed by atoms with Crippen molar-refractivity contribution < 1.29 is 4.74 Å². The predicted molar refractivity (Wildman–Crippen MR) is 57.3 cm³/mol. The Bertz CT molecular complexity index is 158. The summed E-state index contributed by atoms with van der Waals surface area (Å²) in [4.78, 5) is 0. The van der Waals surface area contributed by atoms with E-state index >= 15 is 0 Å². The van der Waals surface area contributed by atoms with Crippen LogP contribution in [0.25, 0.3) is 0 Å². The minimum Gasteiger partial charge on any atom is -0.381 e. The number of nitrogens with zero attached hydrogens (tertiary/aromatic N) is 1. The second-order valence-electron chi connectivity index (χ2n) is 4.21. The molecule has 12 heavy (non-hydrogen) atoms. The van der Waals surface area contributed by atoms with E-state index in [1.54, 1.807) is 0 Å². The van der Waals surface area contributed by atoms with Gasteiger partial charge in [-0.15, -0.1) is 0 Å². The van der Waals surface area contributed by atoms with E-state index in [0.717, 1.165) is 0 Å². The van der Waals surface area contributed by atoms with Crippen molar-refractivity contribution in [3.8, 4) is 0 Å². The zero-order chi connectivity index (χ0) is 8.60. The SMILES string of the molecule is COC1CCC2(CC1)CN(I)C2. The van der Waals surface area contributed by atoms with E-state index in [4.69, 9.17) is 4.74 Å². The lowest BCUT2D eigenvalue weighted by Gasteiger charge is -2.50. The molecule has 0 aromatic rings. The molecule has 0 N–H and O–H groups in total. The molecule has 2 nitrogen and oxygen atoms in total. The van der Waals surface area contributed by atoms with Crippen LogP contribution in [0.15, 0.2) is 0 Å². The minimum absolute atomic E-state index is 0.555. The summed E-state index contributed by atoms with van der Waals surface area (Å²) in [6.45, 7) is 2.62. The second kappa shape index (κ2) is 3.42. The maximum Gasteiger partial charge on any atom is 0.0571 e. The molecule has 1 aliphatic heterocycles. The van der Waals surface area contributed by atoms with E-state index in [9.17, 15) is 0 Å². The molecule has 0 unspecified atom stereocenters. The summed E-state index contributed by atoms with van der Waals surface area (Å²) in [5, 5.41) is 0. The molecule has 1 saturated heterocycles. The lowest BCUT2D eigenvalue weighted by atomic mass is 9.69. The Balaban J connectivity index is 1.83. The Morgan fingerprint density at radius 3 is 2.33 bits per heavy atom. The van der Waals surface area contributed by atoms with Gasteiger partial charge in [-0.05, 0) is 31.1 Å². The standard InChI is InChI=1S/C9H16INO/c1-12-8-2-4-9(5-3-8)6-11(10)7-9/h8H,2-7H2,1H3. The minimum atomic E-state index is 0.555. The Kier molecular flexibility index (Phi) is 2.63. The number of halogens is 1. The predicted octanol–water partition coefficient (Wildman–Crippen LogP) is 2.23. The van der Waals surface area contributed by atoms with Crippen molar-refractivity contribution in [1.29, 1.82) is 0 Å². The smallest absolute Gasteiger partial charge is 0.0571 e. The third-order valence-corrected chi connectivity index (χ3v) is 4.02. The van der Waals surface area contributed by atoms with Gasteiger partial charge in [-0.25, -0.2) is 3.11 Å². The zero-order valence-electron chi connectivity index (χ0n) is 7.55. The number of methoxy groups -OCH3 is 1. The van der Waals surface area contributed by atoms with Crippen LogP contribution < -0.4 is 0 Å². The zero-order valence-corrected chi connectivity index (χ0v) is 9.71. The molecule has 0 bridgehead atoms. The van der Waals surface area contributed by atoms with Gasteiger partial charge < -0.3 is 4.74 Å². The average Bonchev–Trinajstić information content (AvgIpc) is 2.04. The van der Waals surface area contributed by atoms with Gasteiger partial charge in [0.1, 0.15) is 0 Å². The summed E-state index contributed by atoms with van der Waals surface area (Å²) in [6, 6.07) is 0. The highest BCUT2D eigenvalue weighted by Gasteiger charge is 2.44. The quantitative estimate of drug-likeness (QED) is 0.540. The number of hydrogen-bond donors (Lipinski definition) is 0. The fraction of sp³-hybridized carbons (Fsp3) is 1.00. The van der Waals surface area contributed by atoms with Crippen molar-refractivity contribution in [3.05, 3.63) is 0 Å². The summed E-state index contributed by atoms with van der Waals surface area (Å²) < 4.78 is 7.76. The van der Waals surface area contributed by atoms with Crippen LogP contribution >= 0.6 is 22.9 Å². The lowest BCUT2D eigenvalue weighted by molar-refractivity contribution is -0.0177. The Morgan fingerprint density at radius 2 is 1.92 bits per heavy atom. The maximum atomic E-state index is 5.36. The largest absolute Gasteiger partial charge is 0.381 e. The average molecular weight is 281 g/mol. The number of rotatable bonds is 1. The van der Waals surface area contributed by atoms with Crippen LogP contribution in [0, 0.1) is 5.41 Å². The summed E-state index contributed by atoms with van der Waals surface area (Å²) in [5.74, 6) is 0. The molecule has 1 aliphatic carbocycles. The fourth-order valence-corrected chi connectivity index (χ4v) is 3.88. The monoisotopic (exact) mass is 281 g/mol. The molecule has 0 aromatic heterocycles. The highest BCUT2D eigenvalue weighted by Crippen LogP contribution is 2.45. The van der Waals surface area contributed by atoms with Crippen molar-refractivity contribution >= 4 is 22.9 Å². The van der Waals surface area contributed by atoms with E-state index in [2.05, 4.69) is 26.0 Å². The molecule has 0 radical (unpaired) electrons. The van der Waals surface area contributed by atoms with Crippen LogP contribution in [0.3, 0.4) is 0 Å². The van der Waals surface area contributed by atoms with Crippen LogP contribution in [-0.4, -0.2) is 29.4 Å². The van der Waals surface area contributed by atoms with Gasteiger partial charge in [-0.2, -0.15) is 0 Å². The van der Waals surface area contributed by atoms with Gasteiger partial charge in [-0.1, -0.05) is 0 Å². The molecule has 0 aromatic carbocycles. The van der Waals surface area contributed by atoms with Crippen molar-refractivity contribution in [2.75, 3.05) is 20.2 Å². The van der Waals surface area contributed by atoms with Crippen molar-refractivity contribution in [3.63, 3.8) is 0 Å². The Labute approximate surface area is 88.1 Å². The van der Waals surface area contributed by atoms with Crippen molar-refractivity contribution in [2.24, 2.45) is 5.41 Å². The Hall–Kier alpha value is 0.650. The number of hydrogen-bond acceptors (Lipinski definition) is 2. The number of ether oxygens (including phenoxy) is 1. The van der Waals surface area contributed by atoms with Gasteiger partial charge in [0.2, 0.25) is 0 Å². The first-order valence-electron chi connectivity index (χ1n) is 4.68. The summed E-state index contributed by atoms with van der Waals surface area (Å²) in [5.41, 5.74) is 0.691. The third-order valence-electron chi connectivity index (χ3n) is 3.34. The normalized spacial score (nSPS) is 30.5. The highest BCUT2D eigenvalue weighted by atomic mass is 127. The van der Waals surface area contributed by atoms with E-state index in [1.807, 2.05) is 7.11 Å². The van der Waals surface area contributed by atoms with E-state index in [0.29, 0.717) is 11.5 Å². The second-order valence-corrected chi connectivity index (χ2v) is 5.58. The van der Waals surface area contributed by atoms with Gasteiger partial charge in [-0.3, -0.25) is 0 Å². The van der Waals surface area contributed by atoms with E-state index < -0.39 is 0 Å². The van der Waals surface area contributed by atoms with Crippen LogP contribution in [0.5, 0.6) is 0 Å². The van der Waals surface area contributed by atoms with Crippen LogP contribution in [0.1, 0.15) is 25.7 Å². The molecular weight excluding hydrogens is 265 g/mol. The van der Waals surface area contributed by atoms with Gasteiger partial charge in [0.25, 0.3) is 0 Å². The maximum absolute atomic E-state index is 5.36. The third kappa shape index (κ3) is 1.63. The molecule has 0 atom stereocenters. The Morgan fingerprint density at radius 1 is 1.33 bits per heavy atom. The molecule has 3 heteroatoms. The van der Waals surface area contributed by atoms with Crippen LogP contribution in [-0.2, 0) is 4.74 Å². The topological polar surface area (TPSA) is 12.5 Å². The van der Waals surface area contributed by atoms with Gasteiger partial charge in [0.15, 0.2) is 0 Å². The van der Waals surface area contributed by atoms with Gasteiger partial charge in [0.05, 0.1) is 6.10 Å². The molecule has 1 heterocycles. The molecule has 2 fully saturated rings. The first-order valence-corrected chi connectivity index (χ1v) is 5.64. The molecule has 0 amide bonds. The summed E-state index contributed by atoms with van der Waals surface area (Å²) in [7, 11) is 1.84. The van der Waals surface area contributed by atoms with E-state index in [-0.39, 0.29) is 0 Å². The lowest BCUT2D eigenvalue weighted by Crippen LogP contribution is -2.53. The molecule has 1 saturated carbocycles.